The lowest BCUT2D eigenvalue weighted by Crippen LogP contribution is -2.11. The van der Waals surface area contributed by atoms with Crippen LogP contribution in [0.25, 0.3) is 0 Å². The maximum absolute atomic E-state index is 8.63. The van der Waals surface area contributed by atoms with E-state index in [2.05, 4.69) is 32.0 Å². The van der Waals surface area contributed by atoms with Crippen molar-refractivity contribution in [1.29, 1.82) is 0 Å². The monoisotopic (exact) mass is 343 g/mol. The van der Waals surface area contributed by atoms with Crippen molar-refractivity contribution in [1.82, 2.24) is 0 Å². The van der Waals surface area contributed by atoms with E-state index in [1.54, 1.807) is 18.2 Å². The van der Waals surface area contributed by atoms with Gasteiger partial charge in [-0.15, -0.1) is 0 Å². The van der Waals surface area contributed by atoms with E-state index in [1.165, 1.54) is 17.3 Å². The molecule has 0 unspecified atom stereocenters. The van der Waals surface area contributed by atoms with Crippen LogP contribution in [-0.4, -0.2) is 31.2 Å². The van der Waals surface area contributed by atoms with E-state index in [1.807, 2.05) is 13.0 Å². The second-order valence-corrected chi connectivity index (χ2v) is 5.79. The maximum atomic E-state index is 8.63. The average Bonchev–Trinajstić information content (AvgIpc) is 2.58. The van der Waals surface area contributed by atoms with Crippen LogP contribution in [0.3, 0.4) is 0 Å². The minimum absolute atomic E-state index is 0.403. The minimum atomic E-state index is 0.403. The molecule has 0 atom stereocenters. The van der Waals surface area contributed by atoms with Gasteiger partial charge in [0.1, 0.15) is 19.0 Å². The van der Waals surface area contributed by atoms with Crippen LogP contribution in [0.1, 0.15) is 29.2 Å². The zero-order chi connectivity index (χ0) is 18.2. The molecule has 0 saturated heterocycles. The predicted molar refractivity (Wildman–Crippen MR) is 98.6 cm³/mol. The Hall–Kier alpha value is -2.69. The van der Waals surface area contributed by atoms with Crippen molar-refractivity contribution in [3.8, 4) is 17.2 Å². The first-order chi connectivity index (χ1) is 12.0. The number of benzene rings is 2. The Morgan fingerprint density at radius 1 is 0.920 bits per heavy atom. The summed E-state index contributed by atoms with van der Waals surface area (Å²) < 4.78 is 17.2. The van der Waals surface area contributed by atoms with Gasteiger partial charge < -0.3 is 19.4 Å². The second kappa shape index (κ2) is 8.97. The number of hydrogen-bond donors (Lipinski definition) is 1. The zero-order valence-corrected chi connectivity index (χ0v) is 15.2. The third-order valence-corrected chi connectivity index (χ3v) is 3.84. The van der Waals surface area contributed by atoms with E-state index in [4.69, 9.17) is 19.4 Å². The van der Waals surface area contributed by atoms with Gasteiger partial charge in [0.15, 0.2) is 11.5 Å². The van der Waals surface area contributed by atoms with Gasteiger partial charge in [0.05, 0.1) is 12.8 Å². The highest BCUT2D eigenvalue weighted by Gasteiger charge is 2.07. The summed E-state index contributed by atoms with van der Waals surface area (Å²) in [6.07, 6.45) is 1.35. The minimum Gasteiger partial charge on any atom is -0.490 e. The SMILES string of the molecule is CCOc1cc(C=NO)ccc1OCCOc1cc(C)cc(C)c1C. The molecule has 0 spiro atoms. The molecule has 0 amide bonds. The Balaban J connectivity index is 1.97. The summed E-state index contributed by atoms with van der Waals surface area (Å²) in [5.41, 5.74) is 4.28. The van der Waals surface area contributed by atoms with Gasteiger partial charge in [0, 0.05) is 5.56 Å². The van der Waals surface area contributed by atoms with E-state index in [9.17, 15) is 0 Å². The Morgan fingerprint density at radius 3 is 2.32 bits per heavy atom. The number of nitrogens with zero attached hydrogens (tertiary/aromatic N) is 1. The molecule has 1 N–H and O–H groups in total. The van der Waals surface area contributed by atoms with Crippen molar-refractivity contribution in [2.24, 2.45) is 5.16 Å². The number of oxime groups is 1. The Labute approximate surface area is 148 Å². The third kappa shape index (κ3) is 5.14. The average molecular weight is 343 g/mol. The van der Waals surface area contributed by atoms with Gasteiger partial charge in [0.25, 0.3) is 0 Å². The molecule has 0 heterocycles. The fourth-order valence-electron chi connectivity index (χ4n) is 2.51. The molecule has 0 aliphatic carbocycles. The zero-order valence-electron chi connectivity index (χ0n) is 15.2. The molecule has 2 aromatic rings. The van der Waals surface area contributed by atoms with Gasteiger partial charge in [-0.2, -0.15) is 0 Å². The first-order valence-corrected chi connectivity index (χ1v) is 8.33. The van der Waals surface area contributed by atoms with Crippen molar-refractivity contribution >= 4 is 6.21 Å². The van der Waals surface area contributed by atoms with E-state index in [-0.39, 0.29) is 0 Å². The van der Waals surface area contributed by atoms with Gasteiger partial charge in [-0.25, -0.2) is 0 Å². The molecule has 5 nitrogen and oxygen atoms in total. The number of aryl methyl sites for hydroxylation is 2. The first-order valence-electron chi connectivity index (χ1n) is 8.33. The molecule has 0 aromatic heterocycles. The second-order valence-electron chi connectivity index (χ2n) is 5.79. The van der Waals surface area contributed by atoms with Crippen LogP contribution in [0.5, 0.6) is 17.2 Å². The predicted octanol–water partition coefficient (Wildman–Crippen LogP) is 4.28. The summed E-state index contributed by atoms with van der Waals surface area (Å²) in [5, 5.41) is 11.7. The summed E-state index contributed by atoms with van der Waals surface area (Å²) >= 11 is 0. The quantitative estimate of drug-likeness (QED) is 0.336. The van der Waals surface area contributed by atoms with Crippen molar-refractivity contribution < 1.29 is 19.4 Å². The molecule has 2 rings (SSSR count). The number of hydrogen-bond acceptors (Lipinski definition) is 5. The Bertz CT molecular complexity index is 741. The normalized spacial score (nSPS) is 10.9. The molecular weight excluding hydrogens is 318 g/mol. The summed E-state index contributed by atoms with van der Waals surface area (Å²) in [4.78, 5) is 0. The molecule has 0 radical (unpaired) electrons. The van der Waals surface area contributed by atoms with E-state index >= 15 is 0 Å². The van der Waals surface area contributed by atoms with Crippen molar-refractivity contribution in [2.75, 3.05) is 19.8 Å². The fraction of sp³-hybridized carbons (Fsp3) is 0.350. The highest BCUT2D eigenvalue weighted by atomic mass is 16.5. The van der Waals surface area contributed by atoms with Gasteiger partial charge in [0.2, 0.25) is 0 Å². The lowest BCUT2D eigenvalue weighted by atomic mass is 10.1. The topological polar surface area (TPSA) is 60.3 Å². The lowest BCUT2D eigenvalue weighted by molar-refractivity contribution is 0.207. The van der Waals surface area contributed by atoms with Gasteiger partial charge in [-0.1, -0.05) is 11.2 Å². The molecule has 0 bridgehead atoms. The van der Waals surface area contributed by atoms with Crippen LogP contribution in [0.4, 0.5) is 0 Å². The molecule has 0 fully saturated rings. The fourth-order valence-corrected chi connectivity index (χ4v) is 2.51. The van der Waals surface area contributed by atoms with Crippen LogP contribution in [-0.2, 0) is 0 Å². The van der Waals surface area contributed by atoms with Crippen molar-refractivity contribution in [3.05, 3.63) is 52.6 Å². The van der Waals surface area contributed by atoms with Crippen LogP contribution in [0.2, 0.25) is 0 Å². The van der Waals surface area contributed by atoms with Crippen molar-refractivity contribution in [2.45, 2.75) is 27.7 Å². The Kier molecular flexibility index (Phi) is 6.69. The van der Waals surface area contributed by atoms with Gasteiger partial charge in [-0.3, -0.25) is 0 Å². The van der Waals surface area contributed by atoms with Gasteiger partial charge >= 0.3 is 0 Å². The third-order valence-electron chi connectivity index (χ3n) is 3.84. The van der Waals surface area contributed by atoms with E-state index in [0.29, 0.717) is 31.3 Å². The first kappa shape index (κ1) is 18.6. The van der Waals surface area contributed by atoms with Crippen LogP contribution >= 0.6 is 0 Å². The highest BCUT2D eigenvalue weighted by molar-refractivity contribution is 5.80. The molecule has 5 heteroatoms. The smallest absolute Gasteiger partial charge is 0.161 e. The highest BCUT2D eigenvalue weighted by Crippen LogP contribution is 2.28. The number of ether oxygens (including phenoxy) is 3. The number of rotatable bonds is 8. The van der Waals surface area contributed by atoms with E-state index in [0.717, 1.165) is 16.9 Å². The lowest BCUT2D eigenvalue weighted by Gasteiger charge is -2.15. The molecule has 134 valence electrons. The van der Waals surface area contributed by atoms with Crippen LogP contribution in [0.15, 0.2) is 35.5 Å². The molecule has 0 aliphatic rings. The molecule has 25 heavy (non-hydrogen) atoms. The Morgan fingerprint density at radius 2 is 1.64 bits per heavy atom. The summed E-state index contributed by atoms with van der Waals surface area (Å²) in [7, 11) is 0. The molecule has 0 saturated carbocycles. The summed E-state index contributed by atoms with van der Waals surface area (Å²) in [5.74, 6) is 2.14. The van der Waals surface area contributed by atoms with Gasteiger partial charge in [-0.05, 0) is 68.7 Å². The summed E-state index contributed by atoms with van der Waals surface area (Å²) in [6, 6.07) is 9.55. The largest absolute Gasteiger partial charge is 0.490 e. The van der Waals surface area contributed by atoms with E-state index < -0.39 is 0 Å². The molecular formula is C20H25NO4. The maximum Gasteiger partial charge on any atom is 0.161 e. The molecule has 0 aliphatic heterocycles. The summed E-state index contributed by atoms with van der Waals surface area (Å²) in [6.45, 7) is 9.46. The standard InChI is InChI=1S/C20H25NO4/c1-5-23-20-12-17(13-21-22)6-7-18(20)24-8-9-25-19-11-14(2)10-15(3)16(19)4/h6-7,10-13,22H,5,8-9H2,1-4H3. The van der Waals surface area contributed by atoms with Crippen LogP contribution < -0.4 is 14.2 Å². The van der Waals surface area contributed by atoms with Crippen molar-refractivity contribution in [3.63, 3.8) is 0 Å². The van der Waals surface area contributed by atoms with Crippen LogP contribution in [0, 0.1) is 20.8 Å². The molecule has 2 aromatic carbocycles.